The van der Waals surface area contributed by atoms with E-state index >= 15 is 0 Å². The highest BCUT2D eigenvalue weighted by Gasteiger charge is 2.34. The molecule has 1 amide bonds. The number of aromatic nitrogens is 2. The third-order valence-electron chi connectivity index (χ3n) is 5.46. The van der Waals surface area contributed by atoms with Gasteiger partial charge in [-0.05, 0) is 55.7 Å². The van der Waals surface area contributed by atoms with Gasteiger partial charge in [0.05, 0.1) is 10.8 Å². The van der Waals surface area contributed by atoms with Gasteiger partial charge in [0.1, 0.15) is 5.82 Å². The van der Waals surface area contributed by atoms with E-state index in [1.54, 1.807) is 26.0 Å². The van der Waals surface area contributed by atoms with Crippen molar-refractivity contribution < 1.29 is 22.1 Å². The van der Waals surface area contributed by atoms with Gasteiger partial charge in [0.25, 0.3) is 0 Å². The zero-order chi connectivity index (χ0) is 22.9. The van der Waals surface area contributed by atoms with Crippen LogP contribution < -0.4 is 5.32 Å². The number of benzene rings is 2. The molecule has 0 radical (unpaired) electrons. The zero-order valence-corrected chi connectivity index (χ0v) is 18.5. The predicted molar refractivity (Wildman–Crippen MR) is 116 cm³/mol. The topological polar surface area (TPSA) is 105 Å². The Morgan fingerprint density at radius 2 is 1.94 bits per heavy atom. The molecule has 168 valence electrons. The molecular weight excluding hydrogens is 435 g/mol. The van der Waals surface area contributed by atoms with Crippen LogP contribution in [0, 0.1) is 25.6 Å². The average molecular weight is 459 g/mol. The van der Waals surface area contributed by atoms with E-state index in [1.807, 2.05) is 0 Å². The maximum absolute atomic E-state index is 13.4. The number of amides is 1. The number of sulfonamides is 1. The first-order valence-corrected chi connectivity index (χ1v) is 11.7. The summed E-state index contributed by atoms with van der Waals surface area (Å²) in [6.07, 6.45) is 1.13. The van der Waals surface area contributed by atoms with Gasteiger partial charge < -0.3 is 9.84 Å². The Bertz CT molecular complexity index is 1240. The number of piperidine rings is 1. The first-order valence-electron chi connectivity index (χ1n) is 10.2. The molecule has 8 nitrogen and oxygen atoms in total. The van der Waals surface area contributed by atoms with E-state index in [0.717, 1.165) is 0 Å². The molecule has 1 saturated heterocycles. The fourth-order valence-corrected chi connectivity index (χ4v) is 5.50. The first kappa shape index (κ1) is 22.1. The van der Waals surface area contributed by atoms with Crippen LogP contribution in [0.25, 0.3) is 11.4 Å². The number of carbonyl (C=O) groups is 1. The minimum absolute atomic E-state index is 0.0698. The Morgan fingerprint density at radius 3 is 2.62 bits per heavy atom. The molecule has 0 unspecified atom stereocenters. The van der Waals surface area contributed by atoms with Crippen molar-refractivity contribution in [3.63, 3.8) is 0 Å². The average Bonchev–Trinajstić information content (AvgIpc) is 3.22. The third kappa shape index (κ3) is 4.56. The molecular formula is C22H23FN4O4S. The molecule has 4 rings (SSSR count). The summed E-state index contributed by atoms with van der Waals surface area (Å²) < 4.78 is 46.3. The molecule has 10 heteroatoms. The summed E-state index contributed by atoms with van der Waals surface area (Å²) in [7, 11) is -3.84. The Labute approximate surface area is 185 Å². The van der Waals surface area contributed by atoms with E-state index in [2.05, 4.69) is 15.5 Å². The van der Waals surface area contributed by atoms with Gasteiger partial charge in [-0.25, -0.2) is 12.8 Å². The standard InChI is InChI=1S/C22H23FN4O4S/c1-14-5-6-16(21-24-15(2)31-26-21)12-20(14)32(29,30)27-11-3-4-17(13-27)22(28)25-19-9-7-18(23)8-10-19/h5-10,12,17H,3-4,11,13H2,1-2H3,(H,25,28)/t17-/m1/s1. The molecule has 3 aromatic rings. The molecule has 0 saturated carbocycles. The maximum Gasteiger partial charge on any atom is 0.243 e. The smallest absolute Gasteiger partial charge is 0.243 e. The number of nitrogens with zero attached hydrogens (tertiary/aromatic N) is 3. The second-order valence-corrected chi connectivity index (χ2v) is 9.72. The molecule has 0 spiro atoms. The lowest BCUT2D eigenvalue weighted by molar-refractivity contribution is -0.120. The Kier molecular flexibility index (Phi) is 6.07. The number of hydrogen-bond donors (Lipinski definition) is 1. The van der Waals surface area contributed by atoms with Crippen molar-refractivity contribution >= 4 is 21.6 Å². The van der Waals surface area contributed by atoms with Crippen LogP contribution in [0.5, 0.6) is 0 Å². The molecule has 2 heterocycles. The van der Waals surface area contributed by atoms with Crippen LogP contribution in [0.2, 0.25) is 0 Å². The van der Waals surface area contributed by atoms with Gasteiger partial charge in [0.15, 0.2) is 0 Å². The highest BCUT2D eigenvalue weighted by molar-refractivity contribution is 7.89. The van der Waals surface area contributed by atoms with Crippen LogP contribution in [0.15, 0.2) is 51.9 Å². The van der Waals surface area contributed by atoms with Gasteiger partial charge in [-0.15, -0.1) is 0 Å². The lowest BCUT2D eigenvalue weighted by atomic mass is 9.99. The number of halogens is 1. The Morgan fingerprint density at radius 1 is 1.19 bits per heavy atom. The van der Waals surface area contributed by atoms with Gasteiger partial charge in [-0.2, -0.15) is 9.29 Å². The Hall–Kier alpha value is -3.11. The van der Waals surface area contributed by atoms with Crippen LogP contribution >= 0.6 is 0 Å². The van der Waals surface area contributed by atoms with Crippen molar-refractivity contribution in [1.29, 1.82) is 0 Å². The van der Waals surface area contributed by atoms with E-state index < -0.39 is 21.8 Å². The molecule has 1 fully saturated rings. The van der Waals surface area contributed by atoms with Crippen LogP contribution in [0.1, 0.15) is 24.3 Å². The third-order valence-corrected chi connectivity index (χ3v) is 7.47. The number of aryl methyl sites for hydroxylation is 2. The summed E-state index contributed by atoms with van der Waals surface area (Å²) in [5.74, 6) is -0.493. The summed E-state index contributed by atoms with van der Waals surface area (Å²) >= 11 is 0. The van der Waals surface area contributed by atoms with Crippen LogP contribution in [-0.2, 0) is 14.8 Å². The molecule has 0 bridgehead atoms. The first-order chi connectivity index (χ1) is 15.2. The van der Waals surface area contributed by atoms with E-state index in [4.69, 9.17) is 4.52 Å². The summed E-state index contributed by atoms with van der Waals surface area (Å²) in [5, 5.41) is 6.60. The van der Waals surface area contributed by atoms with Crippen molar-refractivity contribution in [3.05, 3.63) is 59.7 Å². The second kappa shape index (κ2) is 8.79. The minimum Gasteiger partial charge on any atom is -0.339 e. The normalized spacial score (nSPS) is 17.3. The number of anilines is 1. The molecule has 0 aliphatic carbocycles. The highest BCUT2D eigenvalue weighted by atomic mass is 32.2. The lowest BCUT2D eigenvalue weighted by Gasteiger charge is -2.31. The van der Waals surface area contributed by atoms with Gasteiger partial charge >= 0.3 is 0 Å². The van der Waals surface area contributed by atoms with E-state index in [1.165, 1.54) is 34.6 Å². The zero-order valence-electron chi connectivity index (χ0n) is 17.7. The Balaban J connectivity index is 1.55. The largest absolute Gasteiger partial charge is 0.339 e. The molecule has 1 atom stereocenters. The fourth-order valence-electron chi connectivity index (χ4n) is 3.72. The van der Waals surface area contributed by atoms with Crippen molar-refractivity contribution in [1.82, 2.24) is 14.4 Å². The SMILES string of the molecule is Cc1nc(-c2ccc(C)c(S(=O)(=O)N3CCC[C@@H](C(=O)Nc4ccc(F)cc4)C3)c2)no1. The van der Waals surface area contributed by atoms with Crippen LogP contribution in [0.4, 0.5) is 10.1 Å². The molecule has 2 aromatic carbocycles. The monoisotopic (exact) mass is 458 g/mol. The number of nitrogens with one attached hydrogen (secondary N) is 1. The van der Waals surface area contributed by atoms with Crippen molar-refractivity contribution in [2.75, 3.05) is 18.4 Å². The van der Waals surface area contributed by atoms with E-state index in [9.17, 15) is 17.6 Å². The summed E-state index contributed by atoms with van der Waals surface area (Å²) in [6, 6.07) is 10.4. The van der Waals surface area contributed by atoms with Gasteiger partial charge in [0.2, 0.25) is 27.6 Å². The van der Waals surface area contributed by atoms with Gasteiger partial charge in [0, 0.05) is 31.3 Å². The van der Waals surface area contributed by atoms with Gasteiger partial charge in [-0.3, -0.25) is 4.79 Å². The van der Waals surface area contributed by atoms with E-state index in [-0.39, 0.29) is 17.3 Å². The quantitative estimate of drug-likeness (QED) is 0.627. The molecule has 1 aliphatic heterocycles. The van der Waals surface area contributed by atoms with Crippen LogP contribution in [0.3, 0.4) is 0 Å². The molecule has 1 aromatic heterocycles. The summed E-state index contributed by atoms with van der Waals surface area (Å²) in [5.41, 5.74) is 1.59. The van der Waals surface area contributed by atoms with E-state index in [0.29, 0.717) is 47.9 Å². The predicted octanol–water partition coefficient (Wildman–Crippen LogP) is 3.53. The minimum atomic E-state index is -3.84. The van der Waals surface area contributed by atoms with Crippen molar-refractivity contribution in [2.45, 2.75) is 31.6 Å². The number of carbonyl (C=O) groups excluding carboxylic acids is 1. The maximum atomic E-state index is 13.4. The van der Waals surface area contributed by atoms with Crippen molar-refractivity contribution in [3.8, 4) is 11.4 Å². The second-order valence-electron chi connectivity index (χ2n) is 7.82. The number of hydrogen-bond acceptors (Lipinski definition) is 6. The number of rotatable bonds is 5. The van der Waals surface area contributed by atoms with Gasteiger partial charge in [-0.1, -0.05) is 17.3 Å². The summed E-state index contributed by atoms with van der Waals surface area (Å²) in [6.45, 7) is 3.78. The fraction of sp³-hybridized carbons (Fsp3) is 0.318. The summed E-state index contributed by atoms with van der Waals surface area (Å²) in [4.78, 5) is 17.0. The lowest BCUT2D eigenvalue weighted by Crippen LogP contribution is -2.43. The highest BCUT2D eigenvalue weighted by Crippen LogP contribution is 2.29. The molecule has 1 aliphatic rings. The molecule has 1 N–H and O–H groups in total. The molecule has 32 heavy (non-hydrogen) atoms. The van der Waals surface area contributed by atoms with Crippen molar-refractivity contribution in [2.24, 2.45) is 5.92 Å². The van der Waals surface area contributed by atoms with Crippen LogP contribution in [-0.4, -0.2) is 41.9 Å².